The highest BCUT2D eigenvalue weighted by Crippen LogP contribution is 2.19. The molecule has 0 spiro atoms. The van der Waals surface area contributed by atoms with E-state index >= 15 is 0 Å². The van der Waals surface area contributed by atoms with Gasteiger partial charge in [-0.05, 0) is 24.6 Å². The van der Waals surface area contributed by atoms with E-state index in [1.54, 1.807) is 6.07 Å². The zero-order valence-electron chi connectivity index (χ0n) is 12.8. The summed E-state index contributed by atoms with van der Waals surface area (Å²) in [5, 5.41) is 2.47. The fraction of sp³-hybridized carbons (Fsp3) is 0.467. The van der Waals surface area contributed by atoms with E-state index in [2.05, 4.69) is 26.9 Å². The van der Waals surface area contributed by atoms with Crippen LogP contribution < -0.4 is 5.32 Å². The van der Waals surface area contributed by atoms with Crippen LogP contribution >= 0.6 is 0 Å². The van der Waals surface area contributed by atoms with Gasteiger partial charge in [0.25, 0.3) is 0 Å². The fourth-order valence-corrected chi connectivity index (χ4v) is 3.29. The Balaban J connectivity index is 2.06. The van der Waals surface area contributed by atoms with Crippen molar-refractivity contribution in [1.29, 1.82) is 0 Å². The number of nitrogens with one attached hydrogen (secondary N) is 2. The summed E-state index contributed by atoms with van der Waals surface area (Å²) in [4.78, 5) is 19.1. The number of anilines is 1. The smallest absolute Gasteiger partial charge is 0.413 e. The maximum atomic E-state index is 12.3. The summed E-state index contributed by atoms with van der Waals surface area (Å²) in [6, 6.07) is 5.44. The van der Waals surface area contributed by atoms with E-state index in [4.69, 9.17) is 0 Å². The monoisotopic (exact) mass is 323 g/mol. The van der Waals surface area contributed by atoms with Crippen LogP contribution in [0.3, 0.4) is 0 Å². The van der Waals surface area contributed by atoms with Crippen LogP contribution in [0.5, 0.6) is 0 Å². The van der Waals surface area contributed by atoms with Crippen molar-refractivity contribution in [2.24, 2.45) is 0 Å². The summed E-state index contributed by atoms with van der Waals surface area (Å²) in [5.41, 5.74) is 1.45. The SMILES string of the molecule is CCCCCCS(=O)c1ccc2nc(NC(=O)OC)[nH]c2c1. The van der Waals surface area contributed by atoms with Crippen molar-refractivity contribution in [3.05, 3.63) is 18.2 Å². The molecule has 0 aliphatic carbocycles. The van der Waals surface area contributed by atoms with Gasteiger partial charge in [0, 0.05) is 10.6 Å². The molecule has 2 aromatic rings. The number of unbranched alkanes of at least 4 members (excludes halogenated alkanes) is 3. The molecule has 6 nitrogen and oxygen atoms in total. The number of ether oxygens (including phenoxy) is 1. The first-order valence-corrected chi connectivity index (χ1v) is 8.69. The lowest BCUT2D eigenvalue weighted by atomic mass is 10.2. The number of hydrogen-bond donors (Lipinski definition) is 2. The number of fused-ring (bicyclic) bond motifs is 1. The number of imidazole rings is 1. The second-order valence-corrected chi connectivity index (χ2v) is 6.56. The van der Waals surface area contributed by atoms with Crippen molar-refractivity contribution in [2.45, 2.75) is 37.5 Å². The molecule has 1 heterocycles. The Hall–Kier alpha value is -1.89. The van der Waals surface area contributed by atoms with Gasteiger partial charge in [-0.15, -0.1) is 0 Å². The molecular weight excluding hydrogens is 302 g/mol. The minimum Gasteiger partial charge on any atom is -0.453 e. The molecule has 0 fully saturated rings. The summed E-state index contributed by atoms with van der Waals surface area (Å²) in [5.74, 6) is 0.986. The van der Waals surface area contributed by atoms with E-state index in [0.717, 1.165) is 23.3 Å². The number of carbonyl (C=O) groups is 1. The third-order valence-corrected chi connectivity index (χ3v) is 4.74. The lowest BCUT2D eigenvalue weighted by Crippen LogP contribution is -2.11. The molecule has 1 amide bonds. The van der Waals surface area contributed by atoms with E-state index in [-0.39, 0.29) is 0 Å². The summed E-state index contributed by atoms with van der Waals surface area (Å²) in [6.45, 7) is 2.16. The lowest BCUT2D eigenvalue weighted by molar-refractivity contribution is 0.186. The second kappa shape index (κ2) is 7.93. The van der Waals surface area contributed by atoms with Gasteiger partial charge in [-0.3, -0.25) is 9.53 Å². The summed E-state index contributed by atoms with van der Waals surface area (Å²) >= 11 is 0. The van der Waals surface area contributed by atoms with Crippen molar-refractivity contribution < 1.29 is 13.7 Å². The van der Waals surface area contributed by atoms with Gasteiger partial charge in [-0.2, -0.15) is 0 Å². The number of rotatable bonds is 7. The number of H-pyrrole nitrogens is 1. The number of methoxy groups -OCH3 is 1. The van der Waals surface area contributed by atoms with Crippen LogP contribution in [-0.4, -0.2) is 33.1 Å². The Morgan fingerprint density at radius 3 is 2.91 bits per heavy atom. The topological polar surface area (TPSA) is 84.1 Å². The first kappa shape index (κ1) is 16.5. The predicted octanol–water partition coefficient (Wildman–Crippen LogP) is 3.43. The zero-order chi connectivity index (χ0) is 15.9. The molecule has 1 unspecified atom stereocenters. The number of benzene rings is 1. The fourth-order valence-electron chi connectivity index (χ4n) is 2.12. The van der Waals surface area contributed by atoms with E-state index in [1.807, 2.05) is 12.1 Å². The Morgan fingerprint density at radius 1 is 1.36 bits per heavy atom. The molecule has 1 aromatic carbocycles. The van der Waals surface area contributed by atoms with Gasteiger partial charge in [-0.25, -0.2) is 9.78 Å². The molecule has 1 atom stereocenters. The van der Waals surface area contributed by atoms with Gasteiger partial charge < -0.3 is 9.72 Å². The van der Waals surface area contributed by atoms with Crippen molar-refractivity contribution >= 4 is 33.9 Å². The maximum Gasteiger partial charge on any atom is 0.413 e. The van der Waals surface area contributed by atoms with Gasteiger partial charge in [0.05, 0.1) is 28.9 Å². The van der Waals surface area contributed by atoms with Crippen molar-refractivity contribution in [3.8, 4) is 0 Å². The summed E-state index contributed by atoms with van der Waals surface area (Å²) in [6.07, 6.45) is 3.85. The molecule has 0 aliphatic heterocycles. The summed E-state index contributed by atoms with van der Waals surface area (Å²) in [7, 11) is 0.284. The van der Waals surface area contributed by atoms with Crippen LogP contribution in [0, 0.1) is 0 Å². The van der Waals surface area contributed by atoms with Gasteiger partial charge >= 0.3 is 6.09 Å². The van der Waals surface area contributed by atoms with Crippen LogP contribution in [0.1, 0.15) is 32.6 Å². The molecule has 22 heavy (non-hydrogen) atoms. The van der Waals surface area contributed by atoms with E-state index in [1.165, 1.54) is 20.0 Å². The average molecular weight is 323 g/mol. The highest BCUT2D eigenvalue weighted by atomic mass is 32.2. The van der Waals surface area contributed by atoms with Crippen LogP contribution in [0.15, 0.2) is 23.1 Å². The molecule has 2 N–H and O–H groups in total. The molecule has 0 saturated carbocycles. The maximum absolute atomic E-state index is 12.3. The van der Waals surface area contributed by atoms with Crippen LogP contribution in [0.4, 0.5) is 10.7 Å². The zero-order valence-corrected chi connectivity index (χ0v) is 13.7. The molecular formula is C15H21N3O3S. The average Bonchev–Trinajstić information content (AvgIpc) is 2.92. The van der Waals surface area contributed by atoms with Crippen molar-refractivity contribution in [1.82, 2.24) is 9.97 Å². The standard InChI is InChI=1S/C15H21N3O3S/c1-3-4-5-6-9-22(20)11-7-8-12-13(10-11)17-14(16-12)18-15(19)21-2/h7-8,10H,3-6,9H2,1-2H3,(H2,16,17,18,19). The number of carbonyl (C=O) groups excluding carboxylic acids is 1. The van der Waals surface area contributed by atoms with Gasteiger partial charge in [0.1, 0.15) is 0 Å². The lowest BCUT2D eigenvalue weighted by Gasteiger charge is -2.02. The molecule has 0 aliphatic rings. The first-order valence-electron chi connectivity index (χ1n) is 7.37. The normalized spacial score (nSPS) is 12.3. The van der Waals surface area contributed by atoms with Crippen LogP contribution in [-0.2, 0) is 15.5 Å². The Labute approximate surface area is 132 Å². The largest absolute Gasteiger partial charge is 0.453 e. The number of nitrogens with zero attached hydrogens (tertiary/aromatic N) is 1. The third-order valence-electron chi connectivity index (χ3n) is 3.31. The number of aromatic amines is 1. The molecule has 2 rings (SSSR count). The molecule has 0 bridgehead atoms. The van der Waals surface area contributed by atoms with Crippen LogP contribution in [0.25, 0.3) is 11.0 Å². The minimum absolute atomic E-state index is 0.313. The predicted molar refractivity (Wildman–Crippen MR) is 87.5 cm³/mol. The van der Waals surface area contributed by atoms with Crippen molar-refractivity contribution in [3.63, 3.8) is 0 Å². The third kappa shape index (κ3) is 4.30. The van der Waals surface area contributed by atoms with E-state index in [9.17, 15) is 9.00 Å². The molecule has 7 heteroatoms. The van der Waals surface area contributed by atoms with E-state index in [0.29, 0.717) is 17.2 Å². The van der Waals surface area contributed by atoms with E-state index < -0.39 is 16.9 Å². The number of hydrogen-bond acceptors (Lipinski definition) is 4. The minimum atomic E-state index is -1.01. The van der Waals surface area contributed by atoms with Gasteiger partial charge in [-0.1, -0.05) is 26.2 Å². The van der Waals surface area contributed by atoms with Crippen LogP contribution in [0.2, 0.25) is 0 Å². The number of aromatic nitrogens is 2. The van der Waals surface area contributed by atoms with Gasteiger partial charge in [0.2, 0.25) is 5.95 Å². The highest BCUT2D eigenvalue weighted by molar-refractivity contribution is 7.85. The quantitative estimate of drug-likeness (QED) is 0.765. The molecule has 1 aromatic heterocycles. The molecule has 120 valence electrons. The Morgan fingerprint density at radius 2 is 2.18 bits per heavy atom. The molecule has 0 saturated heterocycles. The Bertz CT molecular complexity index is 669. The second-order valence-electron chi connectivity index (χ2n) is 4.99. The molecule has 0 radical (unpaired) electrons. The van der Waals surface area contributed by atoms with Gasteiger partial charge in [0.15, 0.2) is 0 Å². The first-order chi connectivity index (χ1) is 10.6. The summed E-state index contributed by atoms with van der Waals surface area (Å²) < 4.78 is 16.8. The number of amides is 1. The highest BCUT2D eigenvalue weighted by Gasteiger charge is 2.09. The Kier molecular flexibility index (Phi) is 5.94. The van der Waals surface area contributed by atoms with Crippen molar-refractivity contribution in [2.75, 3.05) is 18.2 Å².